The number of rotatable bonds is 6. The molecular formula is C18H22BrN. The molecule has 0 saturated heterocycles. The lowest BCUT2D eigenvalue weighted by molar-refractivity contribution is 0.543. The molecule has 2 heteroatoms. The summed E-state index contributed by atoms with van der Waals surface area (Å²) in [6.45, 7) is 5.54. The molecule has 106 valence electrons. The first-order valence-corrected chi connectivity index (χ1v) is 8.07. The summed E-state index contributed by atoms with van der Waals surface area (Å²) in [5.41, 5.74) is 3.89. The molecule has 2 aromatic rings. The molecule has 1 N–H and O–H groups in total. The molecule has 0 spiro atoms. The van der Waals surface area contributed by atoms with Crippen LogP contribution in [0.3, 0.4) is 0 Å². The summed E-state index contributed by atoms with van der Waals surface area (Å²) >= 11 is 3.61. The van der Waals surface area contributed by atoms with Crippen molar-refractivity contribution in [2.24, 2.45) is 0 Å². The molecule has 1 nitrogen and oxygen atoms in total. The van der Waals surface area contributed by atoms with E-state index in [1.165, 1.54) is 23.1 Å². The van der Waals surface area contributed by atoms with Crippen molar-refractivity contribution in [2.75, 3.05) is 6.54 Å². The van der Waals surface area contributed by atoms with Crippen LogP contribution in [0.1, 0.15) is 25.8 Å². The standard InChI is InChI=1S/C18H22BrN/c1-3-12-20-14(2)13-15-8-10-16(11-9-15)17-6-4-5-7-18(17)19/h4-11,14,20H,3,12-13H2,1-2H3. The summed E-state index contributed by atoms with van der Waals surface area (Å²) in [6.07, 6.45) is 2.27. The largest absolute Gasteiger partial charge is 0.314 e. The van der Waals surface area contributed by atoms with E-state index in [0.717, 1.165) is 17.4 Å². The Morgan fingerprint density at radius 3 is 2.40 bits per heavy atom. The molecule has 0 aromatic heterocycles. The summed E-state index contributed by atoms with van der Waals surface area (Å²) in [5, 5.41) is 3.53. The highest BCUT2D eigenvalue weighted by Gasteiger charge is 2.04. The van der Waals surface area contributed by atoms with Crippen LogP contribution in [-0.4, -0.2) is 12.6 Å². The van der Waals surface area contributed by atoms with E-state index in [1.54, 1.807) is 0 Å². The number of hydrogen-bond acceptors (Lipinski definition) is 1. The molecule has 0 radical (unpaired) electrons. The van der Waals surface area contributed by atoms with Crippen molar-refractivity contribution in [1.82, 2.24) is 5.32 Å². The Morgan fingerprint density at radius 1 is 1.05 bits per heavy atom. The van der Waals surface area contributed by atoms with E-state index >= 15 is 0 Å². The number of hydrogen-bond donors (Lipinski definition) is 1. The average molecular weight is 332 g/mol. The van der Waals surface area contributed by atoms with Gasteiger partial charge in [0.25, 0.3) is 0 Å². The fraction of sp³-hybridized carbons (Fsp3) is 0.333. The number of benzene rings is 2. The van der Waals surface area contributed by atoms with Gasteiger partial charge in [-0.25, -0.2) is 0 Å². The second-order valence-corrected chi connectivity index (χ2v) is 6.09. The van der Waals surface area contributed by atoms with Crippen LogP contribution in [0, 0.1) is 0 Å². The molecule has 1 unspecified atom stereocenters. The van der Waals surface area contributed by atoms with Gasteiger partial charge in [-0.15, -0.1) is 0 Å². The minimum absolute atomic E-state index is 0.532. The molecule has 0 aliphatic carbocycles. The first kappa shape index (κ1) is 15.3. The zero-order valence-corrected chi connectivity index (χ0v) is 13.8. The third-order valence-corrected chi connectivity index (χ3v) is 4.11. The molecule has 2 rings (SSSR count). The van der Waals surface area contributed by atoms with E-state index in [9.17, 15) is 0 Å². The second kappa shape index (κ2) is 7.61. The van der Waals surface area contributed by atoms with Gasteiger partial charge in [0.2, 0.25) is 0 Å². The van der Waals surface area contributed by atoms with Crippen LogP contribution in [0.2, 0.25) is 0 Å². The Balaban J connectivity index is 2.05. The van der Waals surface area contributed by atoms with Crippen LogP contribution in [0.15, 0.2) is 53.0 Å². The molecule has 0 amide bonds. The predicted octanol–water partition coefficient (Wildman–Crippen LogP) is 5.05. The Morgan fingerprint density at radius 2 is 1.75 bits per heavy atom. The first-order chi connectivity index (χ1) is 9.70. The molecule has 0 bridgehead atoms. The van der Waals surface area contributed by atoms with E-state index in [2.05, 4.69) is 77.6 Å². The molecule has 2 aromatic carbocycles. The lowest BCUT2D eigenvalue weighted by atomic mass is 10.0. The van der Waals surface area contributed by atoms with E-state index in [-0.39, 0.29) is 0 Å². The molecular weight excluding hydrogens is 310 g/mol. The van der Waals surface area contributed by atoms with Crippen molar-refractivity contribution < 1.29 is 0 Å². The lowest BCUT2D eigenvalue weighted by Gasteiger charge is -2.13. The smallest absolute Gasteiger partial charge is 0.0253 e. The van der Waals surface area contributed by atoms with Crippen LogP contribution in [0.4, 0.5) is 0 Å². The fourth-order valence-electron chi connectivity index (χ4n) is 2.33. The van der Waals surface area contributed by atoms with E-state index in [1.807, 2.05) is 6.07 Å². The third-order valence-electron chi connectivity index (χ3n) is 3.42. The van der Waals surface area contributed by atoms with Crippen LogP contribution >= 0.6 is 15.9 Å². The van der Waals surface area contributed by atoms with Gasteiger partial charge in [0.15, 0.2) is 0 Å². The highest BCUT2D eigenvalue weighted by atomic mass is 79.9. The molecule has 0 aliphatic rings. The SMILES string of the molecule is CCCNC(C)Cc1ccc(-c2ccccc2Br)cc1. The van der Waals surface area contributed by atoms with E-state index in [0.29, 0.717) is 6.04 Å². The van der Waals surface area contributed by atoms with Gasteiger partial charge in [-0.2, -0.15) is 0 Å². The van der Waals surface area contributed by atoms with Gasteiger partial charge in [0, 0.05) is 10.5 Å². The van der Waals surface area contributed by atoms with Gasteiger partial charge in [-0.3, -0.25) is 0 Å². The van der Waals surface area contributed by atoms with Crippen LogP contribution in [0.25, 0.3) is 11.1 Å². The number of halogens is 1. The molecule has 0 aliphatic heterocycles. The van der Waals surface area contributed by atoms with E-state index < -0.39 is 0 Å². The van der Waals surface area contributed by atoms with Crippen LogP contribution in [0.5, 0.6) is 0 Å². The minimum Gasteiger partial charge on any atom is -0.314 e. The normalized spacial score (nSPS) is 12.3. The first-order valence-electron chi connectivity index (χ1n) is 7.28. The molecule has 0 fully saturated rings. The van der Waals surface area contributed by atoms with Crippen molar-refractivity contribution in [3.05, 3.63) is 58.6 Å². The summed E-state index contributed by atoms with van der Waals surface area (Å²) in [4.78, 5) is 0. The van der Waals surface area contributed by atoms with E-state index in [4.69, 9.17) is 0 Å². The van der Waals surface area contributed by atoms with Gasteiger partial charge in [0.1, 0.15) is 0 Å². The molecule has 0 heterocycles. The van der Waals surface area contributed by atoms with Crippen molar-refractivity contribution in [3.63, 3.8) is 0 Å². The Hall–Kier alpha value is -1.12. The zero-order valence-electron chi connectivity index (χ0n) is 12.2. The quantitative estimate of drug-likeness (QED) is 0.781. The van der Waals surface area contributed by atoms with Gasteiger partial charge >= 0.3 is 0 Å². The molecule has 1 atom stereocenters. The Labute approximate surface area is 130 Å². The lowest BCUT2D eigenvalue weighted by Crippen LogP contribution is -2.28. The maximum absolute atomic E-state index is 3.61. The number of nitrogens with one attached hydrogen (secondary N) is 1. The van der Waals surface area contributed by atoms with Crippen molar-refractivity contribution in [2.45, 2.75) is 32.7 Å². The maximum Gasteiger partial charge on any atom is 0.0253 e. The molecule has 20 heavy (non-hydrogen) atoms. The zero-order chi connectivity index (χ0) is 14.4. The van der Waals surface area contributed by atoms with Gasteiger partial charge in [0.05, 0.1) is 0 Å². The van der Waals surface area contributed by atoms with Crippen LogP contribution in [-0.2, 0) is 6.42 Å². The predicted molar refractivity (Wildman–Crippen MR) is 91.0 cm³/mol. The fourth-order valence-corrected chi connectivity index (χ4v) is 2.85. The Bertz CT molecular complexity index is 533. The summed E-state index contributed by atoms with van der Waals surface area (Å²) in [5.74, 6) is 0. The topological polar surface area (TPSA) is 12.0 Å². The maximum atomic E-state index is 3.61. The van der Waals surface area contributed by atoms with Gasteiger partial charge in [-0.05, 0) is 49.1 Å². The summed E-state index contributed by atoms with van der Waals surface area (Å²) in [6, 6.07) is 17.8. The monoisotopic (exact) mass is 331 g/mol. The summed E-state index contributed by atoms with van der Waals surface area (Å²) < 4.78 is 1.14. The van der Waals surface area contributed by atoms with Crippen molar-refractivity contribution in [1.29, 1.82) is 0 Å². The van der Waals surface area contributed by atoms with Gasteiger partial charge in [-0.1, -0.05) is 65.3 Å². The Kier molecular flexibility index (Phi) is 5.81. The highest BCUT2D eigenvalue weighted by molar-refractivity contribution is 9.10. The third kappa shape index (κ3) is 4.19. The van der Waals surface area contributed by atoms with Crippen molar-refractivity contribution in [3.8, 4) is 11.1 Å². The minimum atomic E-state index is 0.532. The van der Waals surface area contributed by atoms with Crippen molar-refractivity contribution >= 4 is 15.9 Å². The molecule has 0 saturated carbocycles. The second-order valence-electron chi connectivity index (χ2n) is 5.24. The highest BCUT2D eigenvalue weighted by Crippen LogP contribution is 2.28. The van der Waals surface area contributed by atoms with Gasteiger partial charge < -0.3 is 5.32 Å². The average Bonchev–Trinajstić information content (AvgIpc) is 2.47. The summed E-state index contributed by atoms with van der Waals surface area (Å²) in [7, 11) is 0. The van der Waals surface area contributed by atoms with Crippen LogP contribution < -0.4 is 5.32 Å².